The van der Waals surface area contributed by atoms with E-state index in [-0.39, 0.29) is 17.2 Å². The normalized spacial score (nSPS) is 11.3. The molecule has 3 aromatic carbocycles. The van der Waals surface area contributed by atoms with Crippen LogP contribution in [0.4, 0.5) is 4.39 Å². The van der Waals surface area contributed by atoms with Gasteiger partial charge in [0.05, 0.1) is 22.4 Å². The largest absolute Gasteiger partial charge is 0.308 e. The molecule has 5 rings (SSSR count). The Hall–Kier alpha value is -2.94. The van der Waals surface area contributed by atoms with E-state index >= 15 is 0 Å². The monoisotopic (exact) mass is 482 g/mol. The number of aromatic nitrogens is 4. The summed E-state index contributed by atoms with van der Waals surface area (Å²) < 4.78 is 18.6. The maximum atomic E-state index is 14.1. The van der Waals surface area contributed by atoms with E-state index in [4.69, 9.17) is 11.6 Å². The predicted octanol–water partition coefficient (Wildman–Crippen LogP) is 5.78. The molecular weight excluding hydrogens is 467 g/mol. The van der Waals surface area contributed by atoms with Gasteiger partial charge in [0.25, 0.3) is 0 Å². The molecule has 9 heteroatoms. The highest BCUT2D eigenvalue weighted by molar-refractivity contribution is 7.98. The first-order chi connectivity index (χ1) is 15.6. The van der Waals surface area contributed by atoms with Crippen LogP contribution in [-0.2, 0) is 12.3 Å². The Balaban J connectivity index is 1.56. The summed E-state index contributed by atoms with van der Waals surface area (Å²) in [5, 5.41) is 9.91. The summed E-state index contributed by atoms with van der Waals surface area (Å²) in [6, 6.07) is 21.7. The van der Waals surface area contributed by atoms with E-state index in [1.54, 1.807) is 28.8 Å². The third-order valence-corrected chi connectivity index (χ3v) is 7.13. The number of halogens is 2. The topological polar surface area (TPSA) is 52.7 Å². The molecule has 0 unspecified atom stereocenters. The lowest BCUT2D eigenvalue weighted by Gasteiger charge is -2.11. The Kier molecular flexibility index (Phi) is 5.82. The Morgan fingerprint density at radius 1 is 1.00 bits per heavy atom. The predicted molar refractivity (Wildman–Crippen MR) is 128 cm³/mol. The van der Waals surface area contributed by atoms with Crippen molar-refractivity contribution in [1.82, 2.24) is 19.3 Å². The molecule has 0 aliphatic rings. The smallest absolute Gasteiger partial charge is 0.291 e. The number of nitrogens with zero attached hydrogens (tertiary/aromatic N) is 4. The Labute approximate surface area is 196 Å². The first kappa shape index (κ1) is 20.9. The summed E-state index contributed by atoms with van der Waals surface area (Å²) in [7, 11) is 0. The first-order valence-corrected chi connectivity index (χ1v) is 11.9. The molecule has 0 bridgehead atoms. The van der Waals surface area contributed by atoms with Crippen LogP contribution in [0, 0.1) is 5.82 Å². The summed E-state index contributed by atoms with van der Waals surface area (Å²) in [5.41, 5.74) is 2.21. The molecule has 0 radical (unpaired) electrons. The van der Waals surface area contributed by atoms with Gasteiger partial charge in [-0.15, -0.1) is 10.2 Å². The van der Waals surface area contributed by atoms with Crippen LogP contribution in [0.3, 0.4) is 0 Å². The van der Waals surface area contributed by atoms with E-state index < -0.39 is 0 Å². The second-order valence-electron chi connectivity index (χ2n) is 7.02. The molecule has 0 aliphatic carbocycles. The van der Waals surface area contributed by atoms with Crippen molar-refractivity contribution in [3.63, 3.8) is 0 Å². The molecule has 0 aliphatic heterocycles. The minimum Gasteiger partial charge on any atom is -0.291 e. The molecule has 0 saturated heterocycles. The average Bonchev–Trinajstić information content (AvgIpc) is 3.34. The summed E-state index contributed by atoms with van der Waals surface area (Å²) in [4.78, 5) is 12.6. The molecule has 0 fully saturated rings. The number of hydrogen-bond acceptors (Lipinski definition) is 5. The minimum absolute atomic E-state index is 0.0626. The summed E-state index contributed by atoms with van der Waals surface area (Å²) in [6.45, 7) is 0.253. The minimum atomic E-state index is -0.259. The van der Waals surface area contributed by atoms with Gasteiger partial charge in [0.2, 0.25) is 0 Å². The summed E-state index contributed by atoms with van der Waals surface area (Å²) in [5.74, 6) is 0.728. The van der Waals surface area contributed by atoms with Crippen LogP contribution in [-0.4, -0.2) is 19.3 Å². The summed E-state index contributed by atoms with van der Waals surface area (Å²) >= 11 is 8.82. The zero-order valence-corrected chi connectivity index (χ0v) is 19.0. The van der Waals surface area contributed by atoms with Gasteiger partial charge in [0, 0.05) is 10.8 Å². The van der Waals surface area contributed by atoms with Gasteiger partial charge in [-0.1, -0.05) is 71.1 Å². The molecule has 32 heavy (non-hydrogen) atoms. The van der Waals surface area contributed by atoms with Crippen LogP contribution >= 0.6 is 34.7 Å². The fraction of sp³-hybridized carbons (Fsp3) is 0.0870. The second-order valence-corrected chi connectivity index (χ2v) is 9.39. The Morgan fingerprint density at radius 2 is 1.81 bits per heavy atom. The van der Waals surface area contributed by atoms with Crippen molar-refractivity contribution in [3.8, 4) is 5.69 Å². The van der Waals surface area contributed by atoms with Gasteiger partial charge in [-0.2, -0.15) is 0 Å². The SMILES string of the molecule is O=c1sc2ccccc2n1Cc1nnc(SCc2ccccc2F)n1-c1cccc(Cl)c1. The Morgan fingerprint density at radius 3 is 2.66 bits per heavy atom. The lowest BCUT2D eigenvalue weighted by atomic mass is 10.2. The third-order valence-electron chi connectivity index (χ3n) is 4.95. The fourth-order valence-electron chi connectivity index (χ4n) is 3.43. The van der Waals surface area contributed by atoms with Crippen LogP contribution in [0.5, 0.6) is 0 Å². The van der Waals surface area contributed by atoms with Crippen LogP contribution in [0.2, 0.25) is 5.02 Å². The molecule has 2 heterocycles. The maximum absolute atomic E-state index is 14.1. The molecule has 5 nitrogen and oxygen atoms in total. The van der Waals surface area contributed by atoms with Crippen LogP contribution in [0.15, 0.2) is 82.7 Å². The van der Waals surface area contributed by atoms with Crippen molar-refractivity contribution in [2.24, 2.45) is 0 Å². The van der Waals surface area contributed by atoms with Crippen LogP contribution in [0.1, 0.15) is 11.4 Å². The van der Waals surface area contributed by atoms with Crippen LogP contribution < -0.4 is 4.87 Å². The lowest BCUT2D eigenvalue weighted by molar-refractivity contribution is 0.617. The van der Waals surface area contributed by atoms with Crippen molar-refractivity contribution >= 4 is 44.9 Å². The molecular formula is C23H16ClFN4OS2. The number of rotatable bonds is 6. The maximum Gasteiger partial charge on any atom is 0.308 e. The standard InChI is InChI=1S/C23H16ClFN4OS2/c24-16-7-5-8-17(12-16)29-21(13-28-19-10-3-4-11-20(19)32-23(28)30)26-27-22(29)31-14-15-6-1-2-9-18(15)25/h1-12H,13-14H2. The number of fused-ring (bicyclic) bond motifs is 1. The number of thiazole rings is 1. The highest BCUT2D eigenvalue weighted by Gasteiger charge is 2.18. The zero-order chi connectivity index (χ0) is 22.1. The highest BCUT2D eigenvalue weighted by Crippen LogP contribution is 2.28. The molecule has 0 saturated carbocycles. The van der Waals surface area contributed by atoms with Gasteiger partial charge in [-0.05, 0) is 42.0 Å². The van der Waals surface area contributed by atoms with Gasteiger partial charge >= 0.3 is 4.87 Å². The van der Waals surface area contributed by atoms with Crippen molar-refractivity contribution in [3.05, 3.63) is 105 Å². The first-order valence-electron chi connectivity index (χ1n) is 9.75. The second kappa shape index (κ2) is 8.90. The van der Waals surface area contributed by atoms with E-state index in [0.717, 1.165) is 15.9 Å². The molecule has 2 aromatic heterocycles. The van der Waals surface area contributed by atoms with E-state index in [0.29, 0.717) is 27.3 Å². The Bertz CT molecular complexity index is 1480. The van der Waals surface area contributed by atoms with Gasteiger partial charge < -0.3 is 0 Å². The summed E-state index contributed by atoms with van der Waals surface area (Å²) in [6.07, 6.45) is 0. The number of para-hydroxylation sites is 1. The van der Waals surface area contributed by atoms with E-state index in [1.807, 2.05) is 47.0 Å². The zero-order valence-electron chi connectivity index (χ0n) is 16.6. The van der Waals surface area contributed by atoms with Gasteiger partial charge in [-0.25, -0.2) is 4.39 Å². The van der Waals surface area contributed by atoms with Crippen molar-refractivity contribution in [2.45, 2.75) is 17.5 Å². The number of hydrogen-bond donors (Lipinski definition) is 0. The lowest BCUT2D eigenvalue weighted by Crippen LogP contribution is -2.16. The van der Waals surface area contributed by atoms with E-state index in [1.165, 1.54) is 29.2 Å². The average molecular weight is 483 g/mol. The molecule has 0 N–H and O–H groups in total. The van der Waals surface area contributed by atoms with E-state index in [9.17, 15) is 9.18 Å². The van der Waals surface area contributed by atoms with Crippen LogP contribution in [0.25, 0.3) is 15.9 Å². The molecule has 0 spiro atoms. The molecule has 160 valence electrons. The van der Waals surface area contributed by atoms with Gasteiger partial charge in [0.15, 0.2) is 11.0 Å². The number of benzene rings is 3. The molecule has 5 aromatic rings. The quantitative estimate of drug-likeness (QED) is 0.288. The fourth-order valence-corrected chi connectivity index (χ4v) is 5.47. The van der Waals surface area contributed by atoms with Gasteiger partial charge in [0.1, 0.15) is 5.82 Å². The van der Waals surface area contributed by atoms with E-state index in [2.05, 4.69) is 10.2 Å². The van der Waals surface area contributed by atoms with Crippen molar-refractivity contribution in [1.29, 1.82) is 0 Å². The van der Waals surface area contributed by atoms with Crippen molar-refractivity contribution < 1.29 is 4.39 Å². The van der Waals surface area contributed by atoms with Gasteiger partial charge in [-0.3, -0.25) is 13.9 Å². The highest BCUT2D eigenvalue weighted by atomic mass is 35.5. The third kappa shape index (κ3) is 4.09. The molecule has 0 atom stereocenters. The van der Waals surface area contributed by atoms with Crippen molar-refractivity contribution in [2.75, 3.05) is 0 Å². The number of thioether (sulfide) groups is 1. The molecule has 0 amide bonds.